The van der Waals surface area contributed by atoms with E-state index in [1.165, 1.54) is 24.3 Å². The third kappa shape index (κ3) is 4.10. The predicted molar refractivity (Wildman–Crippen MR) is 104 cm³/mol. The van der Waals surface area contributed by atoms with E-state index in [0.29, 0.717) is 22.6 Å². The molecule has 0 aliphatic heterocycles. The zero-order valence-electron chi connectivity index (χ0n) is 14.5. The fourth-order valence-corrected chi connectivity index (χ4v) is 4.60. The molecular weight excluding hydrogens is 412 g/mol. The van der Waals surface area contributed by atoms with E-state index in [4.69, 9.17) is 23.2 Å². The Balaban J connectivity index is 1.95. The monoisotopic (exact) mass is 427 g/mol. The van der Waals surface area contributed by atoms with Crippen LogP contribution in [0.2, 0.25) is 10.0 Å². The molecule has 0 spiro atoms. The van der Waals surface area contributed by atoms with Gasteiger partial charge in [-0.3, -0.25) is 9.40 Å². The highest BCUT2D eigenvalue weighted by atomic mass is 35.5. The first-order valence-corrected chi connectivity index (χ1v) is 10.2. The Hall–Kier alpha value is -2.09. The first-order valence-electron chi connectivity index (χ1n) is 7.94. The lowest BCUT2D eigenvalue weighted by Gasteiger charge is -2.11. The van der Waals surface area contributed by atoms with Gasteiger partial charge < -0.3 is 0 Å². The second-order valence-electron chi connectivity index (χ2n) is 5.98. The van der Waals surface area contributed by atoms with Crippen LogP contribution in [0.5, 0.6) is 0 Å². The van der Waals surface area contributed by atoms with Crippen molar-refractivity contribution >= 4 is 38.9 Å². The van der Waals surface area contributed by atoms with Crippen molar-refractivity contribution in [2.45, 2.75) is 25.3 Å². The normalized spacial score (nSPS) is 11.6. The Morgan fingerprint density at radius 2 is 1.85 bits per heavy atom. The van der Waals surface area contributed by atoms with Gasteiger partial charge in [-0.05, 0) is 38.1 Å². The van der Waals surface area contributed by atoms with Crippen molar-refractivity contribution in [3.05, 3.63) is 75.3 Å². The van der Waals surface area contributed by atoms with Gasteiger partial charge in [0.25, 0.3) is 10.0 Å². The van der Waals surface area contributed by atoms with E-state index in [0.717, 1.165) is 0 Å². The lowest BCUT2D eigenvalue weighted by Crippen LogP contribution is -2.15. The predicted octanol–water partition coefficient (Wildman–Crippen LogP) is 4.79. The zero-order valence-corrected chi connectivity index (χ0v) is 16.8. The molecule has 1 heterocycles. The number of aryl methyl sites for hydroxylation is 1. The molecule has 0 fully saturated rings. The van der Waals surface area contributed by atoms with Crippen molar-refractivity contribution in [3.63, 3.8) is 0 Å². The molecular formula is C18H16Cl2FN3O2S. The number of sulfonamides is 1. The second-order valence-corrected chi connectivity index (χ2v) is 8.47. The fraction of sp³-hybridized carbons (Fsp3) is 0.167. The summed E-state index contributed by atoms with van der Waals surface area (Å²) in [5.74, 6) is -0.349. The molecule has 0 radical (unpaired) electrons. The number of nitrogens with zero attached hydrogens (tertiary/aromatic N) is 2. The minimum atomic E-state index is -3.97. The molecule has 0 unspecified atom stereocenters. The van der Waals surface area contributed by atoms with E-state index in [-0.39, 0.29) is 27.3 Å². The van der Waals surface area contributed by atoms with Crippen LogP contribution in [-0.4, -0.2) is 18.2 Å². The molecule has 0 saturated carbocycles. The highest BCUT2D eigenvalue weighted by molar-refractivity contribution is 7.92. The minimum absolute atomic E-state index is 0.0564. The van der Waals surface area contributed by atoms with Crippen LogP contribution in [0.3, 0.4) is 0 Å². The Morgan fingerprint density at radius 3 is 2.56 bits per heavy atom. The molecule has 0 atom stereocenters. The van der Waals surface area contributed by atoms with Crippen molar-refractivity contribution in [1.29, 1.82) is 0 Å². The van der Waals surface area contributed by atoms with Gasteiger partial charge in [-0.25, -0.2) is 12.8 Å². The van der Waals surface area contributed by atoms with Crippen LogP contribution < -0.4 is 4.72 Å². The fourth-order valence-electron chi connectivity index (χ4n) is 2.66. The summed E-state index contributed by atoms with van der Waals surface area (Å²) in [4.78, 5) is -0.127. The molecule has 2 aromatic carbocycles. The summed E-state index contributed by atoms with van der Waals surface area (Å²) in [6.45, 7) is 3.56. The van der Waals surface area contributed by atoms with Crippen molar-refractivity contribution in [2.24, 2.45) is 0 Å². The molecule has 27 heavy (non-hydrogen) atoms. The van der Waals surface area contributed by atoms with Gasteiger partial charge in [0.15, 0.2) is 0 Å². The third-order valence-corrected chi connectivity index (χ3v) is 6.15. The number of benzene rings is 2. The number of hydrogen-bond acceptors (Lipinski definition) is 3. The van der Waals surface area contributed by atoms with Crippen molar-refractivity contribution in [3.8, 4) is 0 Å². The number of aromatic nitrogens is 2. The van der Waals surface area contributed by atoms with Crippen molar-refractivity contribution < 1.29 is 12.8 Å². The molecule has 9 heteroatoms. The van der Waals surface area contributed by atoms with E-state index in [2.05, 4.69) is 9.82 Å². The van der Waals surface area contributed by atoms with Gasteiger partial charge >= 0.3 is 0 Å². The number of rotatable bonds is 5. The second kappa shape index (κ2) is 7.50. The molecule has 1 aromatic heterocycles. The highest BCUT2D eigenvalue weighted by Crippen LogP contribution is 2.29. The van der Waals surface area contributed by atoms with E-state index >= 15 is 0 Å². The third-order valence-electron chi connectivity index (χ3n) is 4.08. The lowest BCUT2D eigenvalue weighted by atomic mass is 10.2. The SMILES string of the molecule is Cc1nn(Cc2ccccc2F)c(C)c1NS(=O)(=O)c1cc(Cl)ccc1Cl. The van der Waals surface area contributed by atoms with Crippen LogP contribution in [0, 0.1) is 19.7 Å². The Bertz CT molecular complexity index is 1110. The molecule has 142 valence electrons. The van der Waals surface area contributed by atoms with Gasteiger partial charge in [0.1, 0.15) is 10.7 Å². The van der Waals surface area contributed by atoms with E-state index < -0.39 is 10.0 Å². The molecule has 0 aliphatic rings. The number of hydrogen-bond donors (Lipinski definition) is 1. The number of halogens is 3. The average molecular weight is 428 g/mol. The maximum absolute atomic E-state index is 13.9. The summed E-state index contributed by atoms with van der Waals surface area (Å²) in [6, 6.07) is 10.6. The summed E-state index contributed by atoms with van der Waals surface area (Å²) in [5.41, 5.74) is 1.79. The number of nitrogens with one attached hydrogen (secondary N) is 1. The van der Waals surface area contributed by atoms with Crippen LogP contribution in [0.1, 0.15) is 17.0 Å². The molecule has 0 amide bonds. The maximum Gasteiger partial charge on any atom is 0.263 e. The van der Waals surface area contributed by atoms with Gasteiger partial charge in [-0.2, -0.15) is 5.10 Å². The zero-order chi connectivity index (χ0) is 19.8. The Kier molecular flexibility index (Phi) is 5.46. The molecule has 0 bridgehead atoms. The first-order chi connectivity index (χ1) is 12.7. The highest BCUT2D eigenvalue weighted by Gasteiger charge is 2.23. The van der Waals surface area contributed by atoms with Crippen molar-refractivity contribution in [2.75, 3.05) is 4.72 Å². The average Bonchev–Trinajstić information content (AvgIpc) is 2.86. The summed E-state index contributed by atoms with van der Waals surface area (Å²) in [6.07, 6.45) is 0. The van der Waals surface area contributed by atoms with E-state index in [1.807, 2.05) is 0 Å². The lowest BCUT2D eigenvalue weighted by molar-refractivity contribution is 0.579. The largest absolute Gasteiger partial charge is 0.276 e. The van der Waals surface area contributed by atoms with Gasteiger partial charge in [-0.15, -0.1) is 0 Å². The Morgan fingerprint density at radius 1 is 1.15 bits per heavy atom. The quantitative estimate of drug-likeness (QED) is 0.635. The summed E-state index contributed by atoms with van der Waals surface area (Å²) < 4.78 is 43.5. The standard InChI is InChI=1S/C18H16Cl2FN3O2S/c1-11-18(23-27(25,26)17-9-14(19)7-8-15(17)20)12(2)24(22-11)10-13-5-3-4-6-16(13)21/h3-9,23H,10H2,1-2H3. The maximum atomic E-state index is 13.9. The summed E-state index contributed by atoms with van der Waals surface area (Å²) >= 11 is 11.9. The first kappa shape index (κ1) is 19.7. The minimum Gasteiger partial charge on any atom is -0.276 e. The van der Waals surface area contributed by atoms with Gasteiger partial charge in [-0.1, -0.05) is 41.4 Å². The van der Waals surface area contributed by atoms with E-state index in [9.17, 15) is 12.8 Å². The van der Waals surface area contributed by atoms with Crippen LogP contribution in [0.25, 0.3) is 0 Å². The molecule has 0 aliphatic carbocycles. The summed E-state index contributed by atoms with van der Waals surface area (Å²) in [5, 5.41) is 4.64. The molecule has 0 saturated heterocycles. The van der Waals surface area contributed by atoms with Gasteiger partial charge in [0.05, 0.1) is 28.6 Å². The summed E-state index contributed by atoms with van der Waals surface area (Å²) in [7, 11) is -3.97. The molecule has 1 N–H and O–H groups in total. The van der Waals surface area contributed by atoms with Crippen molar-refractivity contribution in [1.82, 2.24) is 9.78 Å². The van der Waals surface area contributed by atoms with Crippen LogP contribution >= 0.6 is 23.2 Å². The molecule has 3 rings (SSSR count). The number of anilines is 1. The van der Waals surface area contributed by atoms with Gasteiger partial charge in [0, 0.05) is 10.6 Å². The van der Waals surface area contributed by atoms with E-state index in [1.54, 1.807) is 36.7 Å². The van der Waals surface area contributed by atoms with Crippen LogP contribution in [-0.2, 0) is 16.6 Å². The van der Waals surface area contributed by atoms with Crippen LogP contribution in [0.15, 0.2) is 47.4 Å². The topological polar surface area (TPSA) is 64.0 Å². The molecule has 3 aromatic rings. The van der Waals surface area contributed by atoms with Gasteiger partial charge in [0.2, 0.25) is 0 Å². The Labute approximate surface area is 166 Å². The van der Waals surface area contributed by atoms with Crippen LogP contribution in [0.4, 0.5) is 10.1 Å². The molecule has 5 nitrogen and oxygen atoms in total. The smallest absolute Gasteiger partial charge is 0.263 e.